The third-order valence-electron chi connectivity index (χ3n) is 4.89. The average Bonchev–Trinajstić information content (AvgIpc) is 2.74. The van der Waals surface area contributed by atoms with E-state index in [1.807, 2.05) is 55.6 Å². The first-order chi connectivity index (χ1) is 13.7. The third-order valence-corrected chi connectivity index (χ3v) is 4.89. The quantitative estimate of drug-likeness (QED) is 0.649. The number of nitrogens with zero attached hydrogens (tertiary/aromatic N) is 1. The van der Waals surface area contributed by atoms with E-state index in [1.165, 1.54) is 0 Å². The topological polar surface area (TPSA) is 38.8 Å². The molecular weight excluding hydrogens is 350 g/mol. The molecule has 0 fully saturated rings. The van der Waals surface area contributed by atoms with E-state index >= 15 is 0 Å². The molecule has 0 N–H and O–H groups in total. The Morgan fingerprint density at radius 3 is 2.36 bits per heavy atom. The van der Waals surface area contributed by atoms with Crippen LogP contribution in [0.2, 0.25) is 0 Å². The second kappa shape index (κ2) is 9.27. The van der Waals surface area contributed by atoms with Gasteiger partial charge in [0.25, 0.3) is 0 Å². The minimum Gasteiger partial charge on any atom is -0.497 e. The summed E-state index contributed by atoms with van der Waals surface area (Å²) in [6.45, 7) is 5.06. The lowest BCUT2D eigenvalue weighted by Crippen LogP contribution is -2.33. The van der Waals surface area contributed by atoms with Gasteiger partial charge in [0.05, 0.1) is 19.3 Å². The standard InChI is InChI=1S/C24H27NO3/c1-4-20-15-22(19-9-7-6-8-10-19)23(24(26)28-5-2)17-25(20)16-18-11-13-21(27-3)14-12-18/h6-15,17,20H,4-5,16H2,1-3H3. The summed E-state index contributed by atoms with van der Waals surface area (Å²) in [6.07, 6.45) is 5.09. The summed E-state index contributed by atoms with van der Waals surface area (Å²) in [7, 11) is 1.66. The average molecular weight is 377 g/mol. The third kappa shape index (κ3) is 4.45. The Hall–Kier alpha value is -3.01. The Morgan fingerprint density at radius 2 is 1.75 bits per heavy atom. The summed E-state index contributed by atoms with van der Waals surface area (Å²) < 4.78 is 10.6. The van der Waals surface area contributed by atoms with Crippen LogP contribution in [0.25, 0.3) is 5.57 Å². The van der Waals surface area contributed by atoms with Crippen LogP contribution >= 0.6 is 0 Å². The summed E-state index contributed by atoms with van der Waals surface area (Å²) in [5.74, 6) is 0.551. The van der Waals surface area contributed by atoms with Gasteiger partial charge in [0.2, 0.25) is 0 Å². The number of methoxy groups -OCH3 is 1. The van der Waals surface area contributed by atoms with Crippen LogP contribution in [0.5, 0.6) is 5.75 Å². The van der Waals surface area contributed by atoms with Crippen LogP contribution in [0, 0.1) is 0 Å². The van der Waals surface area contributed by atoms with Crippen LogP contribution in [0.3, 0.4) is 0 Å². The highest BCUT2D eigenvalue weighted by Crippen LogP contribution is 2.32. The van der Waals surface area contributed by atoms with E-state index in [-0.39, 0.29) is 12.0 Å². The van der Waals surface area contributed by atoms with E-state index in [2.05, 4.69) is 30.0 Å². The largest absolute Gasteiger partial charge is 0.497 e. The van der Waals surface area contributed by atoms with Gasteiger partial charge in [-0.2, -0.15) is 0 Å². The van der Waals surface area contributed by atoms with E-state index in [4.69, 9.17) is 9.47 Å². The SMILES string of the molecule is CCOC(=O)C1=CN(Cc2ccc(OC)cc2)C(CC)C=C1c1ccccc1. The molecule has 1 atom stereocenters. The summed E-state index contributed by atoms with van der Waals surface area (Å²) >= 11 is 0. The number of esters is 1. The lowest BCUT2D eigenvalue weighted by Gasteiger charge is -2.33. The monoisotopic (exact) mass is 377 g/mol. The first kappa shape index (κ1) is 19.7. The Labute approximate surface area is 167 Å². The zero-order chi connectivity index (χ0) is 19.9. The molecule has 0 amide bonds. The van der Waals surface area contributed by atoms with Gasteiger partial charge in [-0.1, -0.05) is 55.5 Å². The van der Waals surface area contributed by atoms with Crippen LogP contribution in [0.4, 0.5) is 0 Å². The zero-order valence-corrected chi connectivity index (χ0v) is 16.7. The van der Waals surface area contributed by atoms with Crippen molar-refractivity contribution < 1.29 is 14.3 Å². The molecule has 0 radical (unpaired) electrons. The van der Waals surface area contributed by atoms with E-state index in [0.29, 0.717) is 18.7 Å². The molecule has 1 aliphatic heterocycles. The molecule has 1 aliphatic rings. The summed E-state index contributed by atoms with van der Waals surface area (Å²) in [6, 6.07) is 18.3. The molecule has 0 aromatic heterocycles. The fourth-order valence-electron chi connectivity index (χ4n) is 3.41. The van der Waals surface area contributed by atoms with Crippen LogP contribution in [0.15, 0.2) is 72.4 Å². The van der Waals surface area contributed by atoms with Crippen molar-refractivity contribution in [3.8, 4) is 5.75 Å². The number of benzene rings is 2. The number of rotatable bonds is 7. The molecule has 3 rings (SSSR count). The number of hydrogen-bond donors (Lipinski definition) is 0. The molecule has 4 heteroatoms. The number of carbonyl (C=O) groups is 1. The van der Waals surface area contributed by atoms with Crippen LogP contribution < -0.4 is 4.74 Å². The summed E-state index contributed by atoms with van der Waals surface area (Å²) in [4.78, 5) is 14.9. The summed E-state index contributed by atoms with van der Waals surface area (Å²) in [5.41, 5.74) is 3.74. The van der Waals surface area contributed by atoms with Gasteiger partial charge in [-0.15, -0.1) is 0 Å². The molecule has 0 bridgehead atoms. The van der Waals surface area contributed by atoms with E-state index < -0.39 is 0 Å². The van der Waals surface area contributed by atoms with Crippen LogP contribution in [-0.4, -0.2) is 30.6 Å². The fraction of sp³-hybridized carbons (Fsp3) is 0.292. The molecule has 2 aromatic rings. The molecule has 146 valence electrons. The maximum absolute atomic E-state index is 12.7. The normalized spacial score (nSPS) is 16.2. The summed E-state index contributed by atoms with van der Waals surface area (Å²) in [5, 5.41) is 0. The highest BCUT2D eigenvalue weighted by molar-refractivity contribution is 6.06. The number of hydrogen-bond acceptors (Lipinski definition) is 4. The molecule has 4 nitrogen and oxygen atoms in total. The van der Waals surface area contributed by atoms with Gasteiger partial charge in [0.1, 0.15) is 5.75 Å². The van der Waals surface area contributed by atoms with Crippen molar-refractivity contribution in [3.63, 3.8) is 0 Å². The van der Waals surface area contributed by atoms with Gasteiger partial charge in [0, 0.05) is 18.8 Å². The smallest absolute Gasteiger partial charge is 0.340 e. The second-order valence-electron chi connectivity index (χ2n) is 6.71. The molecule has 0 spiro atoms. The Bertz CT molecular complexity index is 853. The molecule has 1 heterocycles. The highest BCUT2D eigenvalue weighted by Gasteiger charge is 2.26. The van der Waals surface area contributed by atoms with E-state index in [1.54, 1.807) is 7.11 Å². The number of carbonyl (C=O) groups excluding carboxylic acids is 1. The highest BCUT2D eigenvalue weighted by atomic mass is 16.5. The Morgan fingerprint density at radius 1 is 1.04 bits per heavy atom. The number of ether oxygens (including phenoxy) is 2. The second-order valence-corrected chi connectivity index (χ2v) is 6.71. The Balaban J connectivity index is 1.94. The van der Waals surface area contributed by atoms with Gasteiger partial charge < -0.3 is 14.4 Å². The van der Waals surface area contributed by atoms with Gasteiger partial charge in [-0.3, -0.25) is 0 Å². The van der Waals surface area contributed by atoms with Crippen molar-refractivity contribution in [2.75, 3.05) is 13.7 Å². The first-order valence-corrected chi connectivity index (χ1v) is 9.71. The van der Waals surface area contributed by atoms with Crippen molar-refractivity contribution >= 4 is 11.5 Å². The van der Waals surface area contributed by atoms with Gasteiger partial charge >= 0.3 is 5.97 Å². The van der Waals surface area contributed by atoms with Crippen molar-refractivity contribution in [3.05, 3.63) is 83.6 Å². The minimum absolute atomic E-state index is 0.204. The van der Waals surface area contributed by atoms with Gasteiger partial charge in [-0.05, 0) is 42.2 Å². The molecular formula is C24H27NO3. The predicted molar refractivity (Wildman–Crippen MR) is 112 cm³/mol. The van der Waals surface area contributed by atoms with Gasteiger partial charge in [-0.25, -0.2) is 4.79 Å². The molecule has 2 aromatic carbocycles. The molecule has 0 saturated carbocycles. The van der Waals surface area contributed by atoms with Crippen LogP contribution in [0.1, 0.15) is 31.4 Å². The van der Waals surface area contributed by atoms with E-state index in [9.17, 15) is 4.79 Å². The predicted octanol–water partition coefficient (Wildman–Crippen LogP) is 4.82. The lowest BCUT2D eigenvalue weighted by molar-refractivity contribution is -0.138. The zero-order valence-electron chi connectivity index (χ0n) is 16.7. The molecule has 0 saturated heterocycles. The van der Waals surface area contributed by atoms with E-state index in [0.717, 1.165) is 28.9 Å². The molecule has 28 heavy (non-hydrogen) atoms. The first-order valence-electron chi connectivity index (χ1n) is 9.71. The maximum atomic E-state index is 12.7. The molecule has 1 unspecified atom stereocenters. The molecule has 0 aliphatic carbocycles. The Kier molecular flexibility index (Phi) is 6.53. The minimum atomic E-state index is -0.285. The van der Waals surface area contributed by atoms with Crippen molar-refractivity contribution in [2.45, 2.75) is 32.9 Å². The van der Waals surface area contributed by atoms with Crippen LogP contribution in [-0.2, 0) is 16.1 Å². The van der Waals surface area contributed by atoms with Gasteiger partial charge in [0.15, 0.2) is 0 Å². The lowest BCUT2D eigenvalue weighted by atomic mass is 9.92. The van der Waals surface area contributed by atoms with Crippen molar-refractivity contribution in [1.82, 2.24) is 4.90 Å². The van der Waals surface area contributed by atoms with Crippen molar-refractivity contribution in [2.24, 2.45) is 0 Å². The van der Waals surface area contributed by atoms with Crippen molar-refractivity contribution in [1.29, 1.82) is 0 Å². The fourth-order valence-corrected chi connectivity index (χ4v) is 3.41. The maximum Gasteiger partial charge on any atom is 0.340 e.